The molecule has 1 aromatic rings. The number of benzene rings is 1. The molecule has 1 saturated heterocycles. The van der Waals surface area contributed by atoms with E-state index in [2.05, 4.69) is 26.0 Å². The molecule has 1 aliphatic rings. The molecule has 216 valence electrons. The maximum atomic E-state index is 12.9. The molecule has 0 aliphatic carbocycles. The molecule has 2 amide bonds. The van der Waals surface area contributed by atoms with Gasteiger partial charge in [0.25, 0.3) is 0 Å². The Morgan fingerprint density at radius 2 is 1.72 bits per heavy atom. The van der Waals surface area contributed by atoms with E-state index in [0.717, 1.165) is 19.8 Å². The van der Waals surface area contributed by atoms with Crippen molar-refractivity contribution in [3.05, 3.63) is 46.1 Å². The molecule has 0 aromatic heterocycles. The number of nitrogens with zero attached hydrogens (tertiary/aromatic N) is 1. The van der Waals surface area contributed by atoms with E-state index in [1.54, 1.807) is 0 Å². The molecule has 3 atom stereocenters. The summed E-state index contributed by atoms with van der Waals surface area (Å²) in [6.07, 6.45) is -3.63. The molecule has 1 aromatic carbocycles. The maximum absolute atomic E-state index is 12.9. The van der Waals surface area contributed by atoms with Crippen LogP contribution in [0, 0.1) is 0 Å². The molecule has 1 aliphatic heterocycles. The minimum absolute atomic E-state index is 0.0110. The zero-order chi connectivity index (χ0) is 29.5. The van der Waals surface area contributed by atoms with Gasteiger partial charge in [-0.1, -0.05) is 51.1 Å². The largest absolute Gasteiger partial charge is 0.464 e. The van der Waals surface area contributed by atoms with Crippen molar-refractivity contribution in [2.45, 2.75) is 70.7 Å². The summed E-state index contributed by atoms with van der Waals surface area (Å²) in [7, 11) is -0.267. The first-order chi connectivity index (χ1) is 18.1. The van der Waals surface area contributed by atoms with Gasteiger partial charge in [0.15, 0.2) is 14.4 Å². The molecule has 1 fully saturated rings. The number of amides is 2. The van der Waals surface area contributed by atoms with Gasteiger partial charge in [-0.25, -0.2) is 14.4 Å². The van der Waals surface area contributed by atoms with Gasteiger partial charge >= 0.3 is 24.1 Å². The Kier molecular flexibility index (Phi) is 11.1. The SMILES string of the molecule is COC(=O)N/C(C(=O)OC)=C(\Br)[C@@H](OC(C)=O)[C@H](O[Si](C)(C)C(C)(C)C)C1CN1C(=O)OCc1ccccc1. The van der Waals surface area contributed by atoms with Gasteiger partial charge in [0.1, 0.15) is 18.4 Å². The first kappa shape index (κ1) is 32.3. The minimum Gasteiger partial charge on any atom is -0.464 e. The quantitative estimate of drug-likeness (QED) is 0.131. The van der Waals surface area contributed by atoms with Crippen LogP contribution in [0.1, 0.15) is 33.3 Å². The number of alkyl carbamates (subject to hydrolysis) is 1. The molecular formula is C26H37BrN2O9Si. The molecule has 1 heterocycles. The first-order valence-corrected chi connectivity index (χ1v) is 16.0. The van der Waals surface area contributed by atoms with Crippen molar-refractivity contribution < 1.29 is 42.6 Å². The number of hydrogen-bond donors (Lipinski definition) is 1. The number of ether oxygens (including phenoxy) is 4. The highest BCUT2D eigenvalue weighted by Gasteiger charge is 2.54. The van der Waals surface area contributed by atoms with Gasteiger partial charge in [-0.05, 0) is 39.6 Å². The normalized spacial score (nSPS) is 17.3. The molecule has 1 N–H and O–H groups in total. The van der Waals surface area contributed by atoms with E-state index in [-0.39, 0.29) is 28.4 Å². The molecule has 0 bridgehead atoms. The molecule has 2 rings (SSSR count). The van der Waals surface area contributed by atoms with Crippen molar-refractivity contribution in [3.8, 4) is 0 Å². The predicted molar refractivity (Wildman–Crippen MR) is 148 cm³/mol. The lowest BCUT2D eigenvalue weighted by Crippen LogP contribution is -2.51. The van der Waals surface area contributed by atoms with Gasteiger partial charge in [0.05, 0.1) is 24.7 Å². The van der Waals surface area contributed by atoms with Gasteiger partial charge in [0, 0.05) is 13.5 Å². The van der Waals surface area contributed by atoms with Crippen molar-refractivity contribution in [1.29, 1.82) is 0 Å². The van der Waals surface area contributed by atoms with Crippen molar-refractivity contribution in [1.82, 2.24) is 10.2 Å². The smallest absolute Gasteiger partial charge is 0.411 e. The van der Waals surface area contributed by atoms with Crippen LogP contribution >= 0.6 is 15.9 Å². The highest BCUT2D eigenvalue weighted by atomic mass is 79.9. The number of halogens is 1. The molecule has 39 heavy (non-hydrogen) atoms. The average molecular weight is 630 g/mol. The number of carbonyl (C=O) groups is 4. The van der Waals surface area contributed by atoms with Crippen LogP contribution in [-0.2, 0) is 39.6 Å². The summed E-state index contributed by atoms with van der Waals surface area (Å²) in [5.41, 5.74) is 0.497. The Morgan fingerprint density at radius 3 is 2.23 bits per heavy atom. The Labute approximate surface area is 238 Å². The van der Waals surface area contributed by atoms with E-state index in [1.165, 1.54) is 11.8 Å². The van der Waals surface area contributed by atoms with Gasteiger partial charge < -0.3 is 23.4 Å². The van der Waals surface area contributed by atoms with Gasteiger partial charge in [-0.3, -0.25) is 15.0 Å². The summed E-state index contributed by atoms with van der Waals surface area (Å²) in [6, 6.07) is 8.71. The second kappa shape index (κ2) is 13.4. The predicted octanol–water partition coefficient (Wildman–Crippen LogP) is 4.47. The Balaban J connectivity index is 2.48. The summed E-state index contributed by atoms with van der Waals surface area (Å²) in [4.78, 5) is 51.2. The molecule has 0 saturated carbocycles. The highest BCUT2D eigenvalue weighted by Crippen LogP contribution is 2.42. The third kappa shape index (κ3) is 8.80. The zero-order valence-electron chi connectivity index (χ0n) is 23.5. The number of esters is 2. The van der Waals surface area contributed by atoms with Crippen LogP contribution in [-0.4, -0.2) is 76.4 Å². The average Bonchev–Trinajstić information content (AvgIpc) is 3.67. The Morgan fingerprint density at radius 1 is 1.10 bits per heavy atom. The molecule has 13 heteroatoms. The van der Waals surface area contributed by atoms with Crippen molar-refractivity contribution in [2.75, 3.05) is 20.8 Å². The van der Waals surface area contributed by atoms with Crippen molar-refractivity contribution in [3.63, 3.8) is 0 Å². The van der Waals surface area contributed by atoms with E-state index < -0.39 is 50.7 Å². The first-order valence-electron chi connectivity index (χ1n) is 12.3. The standard InChI is InChI=1S/C26H37BrN2O9Si/c1-16(30)37-22(19(27)20(23(31)34-5)28-24(32)35-6)21(38-39(7,8)26(2,3)4)18-14-29(18)25(33)36-15-17-12-10-9-11-13-17/h9-13,18,21-22H,14-15H2,1-8H3,(H,28,32)/b20-19-/t18?,21-,22-,29?/m1/s1. The fourth-order valence-electron chi connectivity index (χ4n) is 3.35. The third-order valence-corrected chi connectivity index (χ3v) is 11.9. The fourth-order valence-corrected chi connectivity index (χ4v) is 5.28. The second-order valence-electron chi connectivity index (χ2n) is 10.5. The second-order valence-corrected chi connectivity index (χ2v) is 16.1. The van der Waals surface area contributed by atoms with Crippen LogP contribution in [0.4, 0.5) is 9.59 Å². The number of rotatable bonds is 10. The summed E-state index contributed by atoms with van der Waals surface area (Å²) in [5.74, 6) is -1.58. The monoisotopic (exact) mass is 628 g/mol. The number of carbonyl (C=O) groups excluding carboxylic acids is 4. The highest BCUT2D eigenvalue weighted by molar-refractivity contribution is 9.11. The Hall–Kier alpha value is -2.90. The van der Waals surface area contributed by atoms with E-state index in [1.807, 2.05) is 64.2 Å². The molecule has 11 nitrogen and oxygen atoms in total. The zero-order valence-corrected chi connectivity index (χ0v) is 26.1. The van der Waals surface area contributed by atoms with Crippen LogP contribution < -0.4 is 5.32 Å². The van der Waals surface area contributed by atoms with E-state index in [0.29, 0.717) is 0 Å². The van der Waals surface area contributed by atoms with Crippen LogP contribution in [0.5, 0.6) is 0 Å². The van der Waals surface area contributed by atoms with E-state index in [4.69, 9.17) is 18.6 Å². The van der Waals surface area contributed by atoms with Gasteiger partial charge in [-0.15, -0.1) is 0 Å². The van der Waals surface area contributed by atoms with Crippen LogP contribution in [0.2, 0.25) is 18.1 Å². The number of nitrogens with one attached hydrogen (secondary N) is 1. The fraction of sp³-hybridized carbons (Fsp3) is 0.538. The lowest BCUT2D eigenvalue weighted by Gasteiger charge is -2.41. The summed E-state index contributed by atoms with van der Waals surface area (Å²) in [5, 5.41) is 2.06. The lowest BCUT2D eigenvalue weighted by atomic mass is 10.1. The number of hydrogen-bond acceptors (Lipinski definition) is 9. The summed E-state index contributed by atoms with van der Waals surface area (Å²) in [6.45, 7) is 11.7. The van der Waals surface area contributed by atoms with Gasteiger partial charge in [0.2, 0.25) is 0 Å². The Bertz CT molecular complexity index is 1090. The summed E-state index contributed by atoms with van der Waals surface area (Å²) < 4.78 is 27.3. The van der Waals surface area contributed by atoms with Crippen molar-refractivity contribution >= 4 is 48.4 Å². The molecule has 0 radical (unpaired) electrons. The van der Waals surface area contributed by atoms with E-state index >= 15 is 0 Å². The van der Waals surface area contributed by atoms with Crippen molar-refractivity contribution in [2.24, 2.45) is 0 Å². The molecular weight excluding hydrogens is 592 g/mol. The van der Waals surface area contributed by atoms with Crippen LogP contribution in [0.15, 0.2) is 40.5 Å². The number of methoxy groups -OCH3 is 2. The van der Waals surface area contributed by atoms with E-state index in [9.17, 15) is 19.2 Å². The lowest BCUT2D eigenvalue weighted by molar-refractivity contribution is -0.149. The minimum atomic E-state index is -2.54. The topological polar surface area (TPSA) is 129 Å². The summed E-state index contributed by atoms with van der Waals surface area (Å²) >= 11 is 3.34. The van der Waals surface area contributed by atoms with Crippen LogP contribution in [0.25, 0.3) is 0 Å². The van der Waals surface area contributed by atoms with Gasteiger partial charge in [-0.2, -0.15) is 0 Å². The molecule has 1 unspecified atom stereocenters. The third-order valence-electron chi connectivity index (χ3n) is 6.59. The maximum Gasteiger partial charge on any atom is 0.411 e. The van der Waals surface area contributed by atoms with Crippen LogP contribution in [0.3, 0.4) is 0 Å². The molecule has 0 spiro atoms.